The average Bonchev–Trinajstić information content (AvgIpc) is 3.06. The van der Waals surface area contributed by atoms with Gasteiger partial charge in [0.25, 0.3) is 0 Å². The zero-order valence-corrected chi connectivity index (χ0v) is 14.2. The molecule has 6 nitrogen and oxygen atoms in total. The Morgan fingerprint density at radius 3 is 2.87 bits per heavy atom. The molecular weight excluding hydrogens is 292 g/mol. The van der Waals surface area contributed by atoms with E-state index >= 15 is 0 Å². The van der Waals surface area contributed by atoms with Gasteiger partial charge in [-0.3, -0.25) is 9.79 Å². The third-order valence-corrected chi connectivity index (χ3v) is 3.42. The molecule has 23 heavy (non-hydrogen) atoms. The largest absolute Gasteiger partial charge is 0.467 e. The van der Waals surface area contributed by atoms with Crippen LogP contribution in [0.25, 0.3) is 0 Å². The molecule has 0 aliphatic rings. The number of nitrogens with one attached hydrogen (secondary N) is 2. The van der Waals surface area contributed by atoms with Gasteiger partial charge in [0.15, 0.2) is 5.96 Å². The summed E-state index contributed by atoms with van der Waals surface area (Å²) in [5, 5.41) is 5.86. The van der Waals surface area contributed by atoms with Gasteiger partial charge in [0.1, 0.15) is 5.76 Å². The zero-order valence-electron chi connectivity index (χ0n) is 14.2. The maximum atomic E-state index is 11.8. The van der Waals surface area contributed by atoms with Crippen molar-refractivity contribution in [2.45, 2.75) is 32.2 Å². The molecule has 0 spiro atoms. The molecule has 0 aliphatic heterocycles. The fourth-order valence-electron chi connectivity index (χ4n) is 2.13. The highest BCUT2D eigenvalue weighted by atomic mass is 16.3. The molecule has 1 rings (SSSR count). The van der Waals surface area contributed by atoms with Crippen molar-refractivity contribution in [2.75, 3.05) is 27.2 Å². The van der Waals surface area contributed by atoms with Gasteiger partial charge in [-0.1, -0.05) is 12.5 Å². The topological polar surface area (TPSA) is 69.9 Å². The molecule has 128 valence electrons. The number of aliphatic imine (C=N–C) groups is 1. The van der Waals surface area contributed by atoms with Crippen LogP contribution in [-0.2, 0) is 11.3 Å². The van der Waals surface area contributed by atoms with E-state index in [2.05, 4.69) is 22.2 Å². The van der Waals surface area contributed by atoms with Crippen LogP contribution in [0.3, 0.4) is 0 Å². The number of rotatable bonds is 10. The quantitative estimate of drug-likeness (QED) is 0.300. The van der Waals surface area contributed by atoms with Gasteiger partial charge in [-0.2, -0.15) is 0 Å². The molecule has 0 saturated carbocycles. The van der Waals surface area contributed by atoms with E-state index < -0.39 is 0 Å². The van der Waals surface area contributed by atoms with Crippen LogP contribution in [0.4, 0.5) is 0 Å². The second kappa shape index (κ2) is 11.3. The van der Waals surface area contributed by atoms with Crippen LogP contribution < -0.4 is 10.6 Å². The molecule has 1 aromatic rings. The Morgan fingerprint density at radius 1 is 1.39 bits per heavy atom. The number of furan rings is 1. The van der Waals surface area contributed by atoms with Gasteiger partial charge in [-0.25, -0.2) is 0 Å². The molecule has 0 saturated heterocycles. The first kappa shape index (κ1) is 18.8. The van der Waals surface area contributed by atoms with E-state index in [9.17, 15) is 4.79 Å². The van der Waals surface area contributed by atoms with Gasteiger partial charge < -0.3 is 20.0 Å². The summed E-state index contributed by atoms with van der Waals surface area (Å²) in [4.78, 5) is 18.1. The third-order valence-electron chi connectivity index (χ3n) is 3.42. The van der Waals surface area contributed by atoms with Crippen LogP contribution in [0.15, 0.2) is 40.5 Å². The summed E-state index contributed by atoms with van der Waals surface area (Å²) in [5.74, 6) is 1.36. The molecule has 1 aromatic heterocycles. The summed E-state index contributed by atoms with van der Waals surface area (Å²) in [6.07, 6.45) is 8.02. The fraction of sp³-hybridized carbons (Fsp3) is 0.529. The highest BCUT2D eigenvalue weighted by Crippen LogP contribution is 2.01. The van der Waals surface area contributed by atoms with Gasteiger partial charge in [-0.15, -0.1) is 6.58 Å². The van der Waals surface area contributed by atoms with E-state index in [1.54, 1.807) is 19.4 Å². The molecule has 2 N–H and O–H groups in total. The fourth-order valence-corrected chi connectivity index (χ4v) is 2.13. The number of amides is 1. The second-order valence-corrected chi connectivity index (χ2v) is 5.32. The van der Waals surface area contributed by atoms with E-state index in [0.29, 0.717) is 6.54 Å². The van der Waals surface area contributed by atoms with Crippen molar-refractivity contribution in [1.82, 2.24) is 15.5 Å². The maximum absolute atomic E-state index is 11.8. The summed E-state index contributed by atoms with van der Waals surface area (Å²) in [6, 6.07) is 3.62. The van der Waals surface area contributed by atoms with Gasteiger partial charge in [0.05, 0.1) is 19.4 Å². The van der Waals surface area contributed by atoms with Crippen molar-refractivity contribution in [2.24, 2.45) is 4.99 Å². The first-order valence-corrected chi connectivity index (χ1v) is 7.99. The molecule has 1 heterocycles. The van der Waals surface area contributed by atoms with Crippen LogP contribution in [-0.4, -0.2) is 44.0 Å². The Bertz CT molecular complexity index is 483. The van der Waals surface area contributed by atoms with E-state index in [0.717, 1.165) is 37.5 Å². The van der Waals surface area contributed by atoms with Crippen LogP contribution in [0, 0.1) is 0 Å². The number of hydrogen-bond donors (Lipinski definition) is 2. The van der Waals surface area contributed by atoms with E-state index in [1.807, 2.05) is 24.1 Å². The van der Waals surface area contributed by atoms with E-state index in [-0.39, 0.29) is 12.5 Å². The SMILES string of the molecule is C=CCCCCCN(C)C(=NC)NCC(=O)NCc1ccco1. The van der Waals surface area contributed by atoms with Crippen molar-refractivity contribution >= 4 is 11.9 Å². The number of carbonyl (C=O) groups excluding carboxylic acids is 1. The highest BCUT2D eigenvalue weighted by molar-refractivity contribution is 5.86. The predicted molar refractivity (Wildman–Crippen MR) is 93.2 cm³/mol. The van der Waals surface area contributed by atoms with Crippen molar-refractivity contribution in [3.05, 3.63) is 36.8 Å². The minimum Gasteiger partial charge on any atom is -0.467 e. The molecule has 0 bridgehead atoms. The lowest BCUT2D eigenvalue weighted by molar-refractivity contribution is -0.120. The number of carbonyl (C=O) groups is 1. The Labute approximate surface area is 138 Å². The van der Waals surface area contributed by atoms with Crippen LogP contribution in [0.2, 0.25) is 0 Å². The van der Waals surface area contributed by atoms with Gasteiger partial charge in [0, 0.05) is 20.6 Å². The summed E-state index contributed by atoms with van der Waals surface area (Å²) in [7, 11) is 3.70. The summed E-state index contributed by atoms with van der Waals surface area (Å²) >= 11 is 0. The molecule has 0 fully saturated rings. The zero-order chi connectivity index (χ0) is 16.9. The number of guanidine groups is 1. The minimum absolute atomic E-state index is 0.0954. The number of hydrogen-bond acceptors (Lipinski definition) is 3. The predicted octanol–water partition coefficient (Wildman–Crippen LogP) is 2.15. The summed E-state index contributed by atoms with van der Waals surface area (Å²) < 4.78 is 5.17. The third kappa shape index (κ3) is 8.09. The first-order chi connectivity index (χ1) is 11.2. The lowest BCUT2D eigenvalue weighted by Gasteiger charge is -2.21. The van der Waals surface area contributed by atoms with Gasteiger partial charge >= 0.3 is 0 Å². The van der Waals surface area contributed by atoms with Crippen LogP contribution in [0.1, 0.15) is 31.4 Å². The highest BCUT2D eigenvalue weighted by Gasteiger charge is 2.08. The van der Waals surface area contributed by atoms with Crippen LogP contribution >= 0.6 is 0 Å². The molecule has 1 amide bonds. The molecule has 6 heteroatoms. The molecule has 0 atom stereocenters. The average molecular weight is 320 g/mol. The summed E-state index contributed by atoms with van der Waals surface area (Å²) in [6.45, 7) is 5.21. The molecule has 0 unspecified atom stereocenters. The Kier molecular flexibility index (Phi) is 9.28. The van der Waals surface area contributed by atoms with Gasteiger partial charge in [-0.05, 0) is 31.4 Å². The molecule has 0 aliphatic carbocycles. The lowest BCUT2D eigenvalue weighted by atomic mass is 10.2. The Hall–Kier alpha value is -2.24. The van der Waals surface area contributed by atoms with Gasteiger partial charge in [0.2, 0.25) is 5.91 Å². The smallest absolute Gasteiger partial charge is 0.239 e. The maximum Gasteiger partial charge on any atom is 0.239 e. The Balaban J connectivity index is 2.21. The second-order valence-electron chi connectivity index (χ2n) is 5.32. The van der Waals surface area contributed by atoms with Crippen molar-refractivity contribution in [3.63, 3.8) is 0 Å². The van der Waals surface area contributed by atoms with Crippen molar-refractivity contribution < 1.29 is 9.21 Å². The number of allylic oxidation sites excluding steroid dienone is 1. The molecular formula is C17H28N4O2. The Morgan fingerprint density at radius 2 is 2.22 bits per heavy atom. The van der Waals surface area contributed by atoms with Crippen LogP contribution in [0.5, 0.6) is 0 Å². The standard InChI is InChI=1S/C17H28N4O2/c1-4-5-6-7-8-11-21(3)17(18-2)20-14-16(22)19-13-15-10-9-12-23-15/h4,9-10,12H,1,5-8,11,13-14H2,2-3H3,(H,18,20)(H,19,22). The van der Waals surface area contributed by atoms with Crippen molar-refractivity contribution in [3.8, 4) is 0 Å². The first-order valence-electron chi connectivity index (χ1n) is 7.99. The van der Waals surface area contributed by atoms with Crippen molar-refractivity contribution in [1.29, 1.82) is 0 Å². The van der Waals surface area contributed by atoms with E-state index in [4.69, 9.17) is 4.42 Å². The molecule has 0 radical (unpaired) electrons. The molecule has 0 aromatic carbocycles. The number of unbranched alkanes of at least 4 members (excludes halogenated alkanes) is 3. The monoisotopic (exact) mass is 320 g/mol. The van der Waals surface area contributed by atoms with E-state index in [1.165, 1.54) is 6.42 Å². The normalized spacial score (nSPS) is 11.1. The number of nitrogens with zero attached hydrogens (tertiary/aromatic N) is 2. The summed E-state index contributed by atoms with van der Waals surface area (Å²) in [5.41, 5.74) is 0. The lowest BCUT2D eigenvalue weighted by Crippen LogP contribution is -2.44. The minimum atomic E-state index is -0.0954.